The maximum Gasteiger partial charge on any atom is 0.130 e. The third kappa shape index (κ3) is 3.24. The summed E-state index contributed by atoms with van der Waals surface area (Å²) < 4.78 is 18.9. The zero-order chi connectivity index (χ0) is 13.9. The van der Waals surface area contributed by atoms with Gasteiger partial charge < -0.3 is 10.1 Å². The fraction of sp³-hybridized carbons (Fsp3) is 0.533. The highest BCUT2D eigenvalue weighted by Gasteiger charge is 2.38. The van der Waals surface area contributed by atoms with Crippen LogP contribution < -0.4 is 5.32 Å². The molecule has 4 heteroatoms. The topological polar surface area (TPSA) is 45.0 Å². The lowest BCUT2D eigenvalue weighted by Crippen LogP contribution is -2.47. The third-order valence-electron chi connectivity index (χ3n) is 3.58. The minimum atomic E-state index is -0.666. The molecule has 2 atom stereocenters. The smallest absolute Gasteiger partial charge is 0.130 e. The summed E-state index contributed by atoms with van der Waals surface area (Å²) in [4.78, 5) is 0. The lowest BCUT2D eigenvalue weighted by molar-refractivity contribution is -0.0272. The number of halogens is 1. The Hall–Kier alpha value is -1.60. The molecule has 0 radical (unpaired) electrons. The number of anilines is 1. The van der Waals surface area contributed by atoms with Crippen LogP contribution in [0.4, 0.5) is 10.1 Å². The van der Waals surface area contributed by atoms with Gasteiger partial charge in [-0.15, -0.1) is 0 Å². The van der Waals surface area contributed by atoms with Crippen LogP contribution in [0.15, 0.2) is 24.3 Å². The van der Waals surface area contributed by atoms with Crippen molar-refractivity contribution in [2.45, 2.75) is 38.3 Å². The van der Waals surface area contributed by atoms with Crippen LogP contribution in [0.3, 0.4) is 0 Å². The molecule has 0 aromatic heterocycles. The van der Waals surface area contributed by atoms with E-state index >= 15 is 0 Å². The van der Waals surface area contributed by atoms with Gasteiger partial charge in [0.15, 0.2) is 0 Å². The van der Waals surface area contributed by atoms with Gasteiger partial charge in [-0.05, 0) is 24.1 Å². The van der Waals surface area contributed by atoms with Crippen LogP contribution in [0.25, 0.3) is 0 Å². The van der Waals surface area contributed by atoms with Crippen LogP contribution in [-0.2, 0) is 4.74 Å². The molecule has 0 bridgehead atoms. The van der Waals surface area contributed by atoms with Gasteiger partial charge in [-0.25, -0.2) is 4.39 Å². The normalized spacial score (nSPS) is 27.0. The van der Waals surface area contributed by atoms with E-state index in [1.807, 2.05) is 0 Å². The largest absolute Gasteiger partial charge is 0.378 e. The maximum atomic E-state index is 13.2. The van der Waals surface area contributed by atoms with Gasteiger partial charge in [0, 0.05) is 18.5 Å². The van der Waals surface area contributed by atoms with Crippen molar-refractivity contribution in [3.8, 4) is 6.07 Å². The molecule has 1 fully saturated rings. The Kier molecular flexibility index (Phi) is 4.06. The fourth-order valence-electron chi connectivity index (χ4n) is 2.40. The molecule has 1 N–H and O–H groups in total. The molecule has 3 nitrogen and oxygen atoms in total. The SMILES string of the molecule is CC(C)C1CC(C#N)(Nc2cccc(F)c2)CCO1. The first-order chi connectivity index (χ1) is 9.04. The summed E-state index contributed by atoms with van der Waals surface area (Å²) in [6, 6.07) is 8.59. The summed E-state index contributed by atoms with van der Waals surface area (Å²) in [6.07, 6.45) is 1.30. The number of nitrogens with one attached hydrogen (secondary N) is 1. The molecule has 1 aromatic carbocycles. The standard InChI is InChI=1S/C15H19FN2O/c1-11(2)14-9-15(10-17,6-7-19-14)18-13-5-3-4-12(16)8-13/h3-5,8,11,14,18H,6-7,9H2,1-2H3. The van der Waals surface area contributed by atoms with Gasteiger partial charge in [-0.1, -0.05) is 19.9 Å². The van der Waals surface area contributed by atoms with E-state index in [1.165, 1.54) is 12.1 Å². The molecule has 1 heterocycles. The highest BCUT2D eigenvalue weighted by atomic mass is 19.1. The van der Waals surface area contributed by atoms with Crippen LogP contribution in [0.1, 0.15) is 26.7 Å². The van der Waals surface area contributed by atoms with Crippen molar-refractivity contribution in [2.24, 2.45) is 5.92 Å². The molecule has 1 aliphatic rings. The number of nitriles is 1. The molecule has 0 spiro atoms. The van der Waals surface area contributed by atoms with E-state index in [0.29, 0.717) is 31.1 Å². The Morgan fingerprint density at radius 1 is 1.53 bits per heavy atom. The number of ether oxygens (including phenoxy) is 1. The maximum absolute atomic E-state index is 13.2. The van der Waals surface area contributed by atoms with E-state index in [2.05, 4.69) is 25.2 Å². The Balaban J connectivity index is 2.17. The highest BCUT2D eigenvalue weighted by Crippen LogP contribution is 2.31. The van der Waals surface area contributed by atoms with Crippen molar-refractivity contribution in [3.63, 3.8) is 0 Å². The molecule has 102 valence electrons. The summed E-state index contributed by atoms with van der Waals surface area (Å²) in [5.41, 5.74) is -0.0213. The third-order valence-corrected chi connectivity index (χ3v) is 3.58. The first kappa shape index (κ1) is 13.8. The quantitative estimate of drug-likeness (QED) is 0.908. The summed E-state index contributed by atoms with van der Waals surface area (Å²) in [5.74, 6) is 0.0629. The summed E-state index contributed by atoms with van der Waals surface area (Å²) in [5, 5.41) is 12.7. The van der Waals surface area contributed by atoms with Crippen LogP contribution in [-0.4, -0.2) is 18.2 Å². The molecule has 1 aliphatic heterocycles. The number of rotatable bonds is 3. The fourth-order valence-corrected chi connectivity index (χ4v) is 2.40. The predicted molar refractivity (Wildman–Crippen MR) is 72.2 cm³/mol. The lowest BCUT2D eigenvalue weighted by atomic mass is 9.84. The Morgan fingerprint density at radius 3 is 2.95 bits per heavy atom. The molecule has 0 amide bonds. The predicted octanol–water partition coefficient (Wildman–Crippen LogP) is 3.33. The van der Waals surface area contributed by atoms with Crippen molar-refractivity contribution in [2.75, 3.05) is 11.9 Å². The van der Waals surface area contributed by atoms with E-state index in [0.717, 1.165) is 0 Å². The Morgan fingerprint density at radius 2 is 2.32 bits per heavy atom. The first-order valence-corrected chi connectivity index (χ1v) is 6.61. The van der Waals surface area contributed by atoms with Gasteiger partial charge >= 0.3 is 0 Å². The molecular formula is C15H19FN2O. The van der Waals surface area contributed by atoms with Gasteiger partial charge in [0.2, 0.25) is 0 Å². The Labute approximate surface area is 113 Å². The van der Waals surface area contributed by atoms with E-state index in [4.69, 9.17) is 4.74 Å². The van der Waals surface area contributed by atoms with Crippen LogP contribution in [0, 0.1) is 23.1 Å². The molecular weight excluding hydrogens is 243 g/mol. The van der Waals surface area contributed by atoms with Gasteiger partial charge in [0.05, 0.1) is 18.8 Å². The minimum Gasteiger partial charge on any atom is -0.378 e. The zero-order valence-electron chi connectivity index (χ0n) is 11.3. The second kappa shape index (κ2) is 5.58. The lowest BCUT2D eigenvalue weighted by Gasteiger charge is -2.38. The van der Waals surface area contributed by atoms with Crippen molar-refractivity contribution < 1.29 is 9.13 Å². The molecule has 1 saturated heterocycles. The molecule has 2 unspecified atom stereocenters. The Bertz CT molecular complexity index is 483. The number of nitrogens with zero attached hydrogens (tertiary/aromatic N) is 1. The average molecular weight is 262 g/mol. The van der Waals surface area contributed by atoms with Gasteiger partial charge in [0.1, 0.15) is 11.4 Å². The number of hydrogen-bond acceptors (Lipinski definition) is 3. The zero-order valence-corrected chi connectivity index (χ0v) is 11.3. The molecule has 2 rings (SSSR count). The van der Waals surface area contributed by atoms with Gasteiger partial charge in [-0.2, -0.15) is 5.26 Å². The summed E-state index contributed by atoms with van der Waals surface area (Å²) in [6.45, 7) is 4.72. The summed E-state index contributed by atoms with van der Waals surface area (Å²) in [7, 11) is 0. The van der Waals surface area contributed by atoms with E-state index in [-0.39, 0.29) is 11.9 Å². The average Bonchev–Trinajstić information content (AvgIpc) is 2.39. The monoisotopic (exact) mass is 262 g/mol. The molecule has 19 heavy (non-hydrogen) atoms. The van der Waals surface area contributed by atoms with Gasteiger partial charge in [-0.3, -0.25) is 0 Å². The van der Waals surface area contributed by atoms with Crippen LogP contribution in [0.5, 0.6) is 0 Å². The molecule has 1 aromatic rings. The minimum absolute atomic E-state index is 0.0643. The highest BCUT2D eigenvalue weighted by molar-refractivity contribution is 5.48. The van der Waals surface area contributed by atoms with Crippen molar-refractivity contribution in [3.05, 3.63) is 30.1 Å². The van der Waals surface area contributed by atoms with Gasteiger partial charge in [0.25, 0.3) is 0 Å². The van der Waals surface area contributed by atoms with E-state index < -0.39 is 5.54 Å². The van der Waals surface area contributed by atoms with E-state index in [9.17, 15) is 9.65 Å². The second-order valence-corrected chi connectivity index (χ2v) is 5.44. The number of hydrogen-bond donors (Lipinski definition) is 1. The van der Waals surface area contributed by atoms with Crippen molar-refractivity contribution in [1.82, 2.24) is 0 Å². The van der Waals surface area contributed by atoms with E-state index in [1.54, 1.807) is 12.1 Å². The van der Waals surface area contributed by atoms with Crippen molar-refractivity contribution >= 4 is 5.69 Å². The van der Waals surface area contributed by atoms with Crippen molar-refractivity contribution in [1.29, 1.82) is 5.26 Å². The first-order valence-electron chi connectivity index (χ1n) is 6.61. The van der Waals surface area contributed by atoms with Crippen LogP contribution in [0.2, 0.25) is 0 Å². The number of benzene rings is 1. The summed E-state index contributed by atoms with van der Waals surface area (Å²) >= 11 is 0. The van der Waals surface area contributed by atoms with Crippen LogP contribution >= 0.6 is 0 Å². The molecule has 0 saturated carbocycles. The molecule has 0 aliphatic carbocycles. The second-order valence-electron chi connectivity index (χ2n) is 5.44.